The third-order valence-corrected chi connectivity index (χ3v) is 3.00. The fraction of sp³-hybridized carbons (Fsp3) is 0.385. The van der Waals surface area contributed by atoms with Crippen molar-refractivity contribution in [1.82, 2.24) is 0 Å². The zero-order chi connectivity index (χ0) is 16.0. The van der Waals surface area contributed by atoms with Crippen LogP contribution in [-0.4, -0.2) is 28.5 Å². The van der Waals surface area contributed by atoms with Crippen molar-refractivity contribution >= 4 is 23.3 Å². The van der Waals surface area contributed by atoms with Crippen LogP contribution in [0.1, 0.15) is 30.1 Å². The maximum atomic E-state index is 11.1. The van der Waals surface area contributed by atoms with E-state index in [0.29, 0.717) is 12.8 Å². The molecule has 0 heterocycles. The molecule has 0 aromatic heterocycles. The number of nitrogens with two attached hydrogens (primary N) is 1. The Hall–Kier alpha value is -2.64. The summed E-state index contributed by atoms with van der Waals surface area (Å²) in [5.74, 6) is -2.35. The second-order valence-corrected chi connectivity index (χ2v) is 4.56. The Morgan fingerprint density at radius 3 is 2.62 bits per heavy atom. The molecule has 0 fully saturated rings. The highest BCUT2D eigenvalue weighted by atomic mass is 16.6. The van der Waals surface area contributed by atoms with E-state index in [2.05, 4.69) is 5.32 Å². The molecule has 8 heteroatoms. The monoisotopic (exact) mass is 295 g/mol. The maximum Gasteiger partial charge on any atom is 0.308 e. The predicted octanol–water partition coefficient (Wildman–Crippen LogP) is 1.61. The van der Waals surface area contributed by atoms with Gasteiger partial charge in [0, 0.05) is 18.2 Å². The average molecular weight is 295 g/mol. The van der Waals surface area contributed by atoms with Crippen molar-refractivity contribution in [1.29, 1.82) is 0 Å². The lowest BCUT2D eigenvalue weighted by atomic mass is 10.0. The Labute approximate surface area is 121 Å². The maximum absolute atomic E-state index is 11.1. The molecule has 8 nitrogen and oxygen atoms in total. The number of carbonyl (C=O) groups is 2. The van der Waals surface area contributed by atoms with Crippen LogP contribution in [0.3, 0.4) is 0 Å². The lowest BCUT2D eigenvalue weighted by Gasteiger charge is -2.13. The molecule has 0 aliphatic carbocycles. The van der Waals surface area contributed by atoms with Crippen LogP contribution in [0.2, 0.25) is 0 Å². The molecule has 0 aliphatic heterocycles. The van der Waals surface area contributed by atoms with Crippen LogP contribution in [0.5, 0.6) is 0 Å². The normalized spacial score (nSPS) is 11.7. The zero-order valence-electron chi connectivity index (χ0n) is 11.5. The third kappa shape index (κ3) is 4.44. The highest BCUT2D eigenvalue weighted by molar-refractivity contribution is 5.94. The van der Waals surface area contributed by atoms with E-state index in [9.17, 15) is 19.7 Å². The van der Waals surface area contributed by atoms with Crippen molar-refractivity contribution in [2.24, 2.45) is 11.7 Å². The van der Waals surface area contributed by atoms with Crippen LogP contribution in [0.4, 0.5) is 11.4 Å². The SMILES string of the molecule is CCCC(CNc1cc(C(N)=O)ccc1[N+](=O)[O-])C(=O)O. The molecule has 1 aromatic carbocycles. The van der Waals surface area contributed by atoms with Gasteiger partial charge in [-0.05, 0) is 18.6 Å². The van der Waals surface area contributed by atoms with Gasteiger partial charge in [0.25, 0.3) is 5.69 Å². The summed E-state index contributed by atoms with van der Waals surface area (Å²) in [5.41, 5.74) is 5.09. The van der Waals surface area contributed by atoms with Crippen molar-refractivity contribution in [3.05, 3.63) is 33.9 Å². The van der Waals surface area contributed by atoms with Gasteiger partial charge in [0.1, 0.15) is 5.69 Å². The molecule has 0 saturated carbocycles. The molecule has 1 aromatic rings. The van der Waals surface area contributed by atoms with Crippen molar-refractivity contribution in [3.8, 4) is 0 Å². The highest BCUT2D eigenvalue weighted by Gasteiger charge is 2.20. The first kappa shape index (κ1) is 16.4. The number of nitrogens with zero attached hydrogens (tertiary/aromatic N) is 1. The van der Waals surface area contributed by atoms with Gasteiger partial charge >= 0.3 is 5.97 Å². The van der Waals surface area contributed by atoms with Gasteiger partial charge in [-0.3, -0.25) is 19.7 Å². The fourth-order valence-electron chi connectivity index (χ4n) is 1.88. The smallest absolute Gasteiger partial charge is 0.308 e. The number of carbonyl (C=O) groups excluding carboxylic acids is 1. The minimum Gasteiger partial charge on any atom is -0.481 e. The van der Waals surface area contributed by atoms with Crippen LogP contribution >= 0.6 is 0 Å². The van der Waals surface area contributed by atoms with E-state index in [-0.39, 0.29) is 23.5 Å². The number of hydrogen-bond donors (Lipinski definition) is 3. The molecule has 0 spiro atoms. The van der Waals surface area contributed by atoms with Gasteiger partial charge in [0.2, 0.25) is 5.91 Å². The van der Waals surface area contributed by atoms with Gasteiger partial charge in [-0.15, -0.1) is 0 Å². The number of carboxylic acids is 1. The summed E-state index contributed by atoms with van der Waals surface area (Å²) in [7, 11) is 0. The number of nitro groups is 1. The van der Waals surface area contributed by atoms with E-state index in [1.54, 1.807) is 0 Å². The Bertz CT molecular complexity index is 559. The van der Waals surface area contributed by atoms with Crippen molar-refractivity contribution < 1.29 is 19.6 Å². The molecule has 0 aliphatic rings. The van der Waals surface area contributed by atoms with Crippen LogP contribution in [-0.2, 0) is 4.79 Å². The van der Waals surface area contributed by atoms with Crippen molar-refractivity contribution in [3.63, 3.8) is 0 Å². The number of aliphatic carboxylic acids is 1. The Kier molecular flexibility index (Phi) is 5.65. The standard InChI is InChI=1S/C13H17N3O5/c1-2-3-9(13(18)19)7-15-10-6-8(12(14)17)4-5-11(10)16(20)21/h4-6,9,15H,2-3,7H2,1H3,(H2,14,17)(H,18,19). The number of nitro benzene ring substituents is 1. The van der Waals surface area contributed by atoms with Gasteiger partial charge in [0.05, 0.1) is 10.8 Å². The summed E-state index contributed by atoms with van der Waals surface area (Å²) >= 11 is 0. The van der Waals surface area contributed by atoms with Crippen LogP contribution < -0.4 is 11.1 Å². The molecule has 1 unspecified atom stereocenters. The second kappa shape index (κ2) is 7.22. The molecule has 1 rings (SSSR count). The summed E-state index contributed by atoms with van der Waals surface area (Å²) in [6.45, 7) is 1.89. The van der Waals surface area contributed by atoms with Gasteiger partial charge < -0.3 is 16.2 Å². The Morgan fingerprint density at radius 2 is 2.14 bits per heavy atom. The third-order valence-electron chi connectivity index (χ3n) is 3.00. The van der Waals surface area contributed by atoms with Crippen LogP contribution in [0.15, 0.2) is 18.2 Å². The fourth-order valence-corrected chi connectivity index (χ4v) is 1.88. The van der Waals surface area contributed by atoms with E-state index < -0.39 is 22.7 Å². The number of rotatable bonds is 8. The lowest BCUT2D eigenvalue weighted by molar-refractivity contribution is -0.384. The van der Waals surface area contributed by atoms with E-state index in [0.717, 1.165) is 6.07 Å². The van der Waals surface area contributed by atoms with Gasteiger partial charge in [0.15, 0.2) is 0 Å². The van der Waals surface area contributed by atoms with Gasteiger partial charge in [-0.2, -0.15) is 0 Å². The quantitative estimate of drug-likeness (QED) is 0.492. The molecular formula is C13H17N3O5. The molecule has 1 atom stereocenters. The number of benzene rings is 1. The molecule has 114 valence electrons. The zero-order valence-corrected chi connectivity index (χ0v) is 11.5. The lowest BCUT2D eigenvalue weighted by Crippen LogP contribution is -2.23. The number of anilines is 1. The minimum absolute atomic E-state index is 0.0340. The number of carboxylic acid groups (broad SMARTS) is 1. The number of hydrogen-bond acceptors (Lipinski definition) is 5. The number of primary amides is 1. The topological polar surface area (TPSA) is 136 Å². The summed E-state index contributed by atoms with van der Waals surface area (Å²) in [6, 6.07) is 3.68. The van der Waals surface area contributed by atoms with Crippen molar-refractivity contribution in [2.45, 2.75) is 19.8 Å². The van der Waals surface area contributed by atoms with E-state index in [4.69, 9.17) is 10.8 Å². The summed E-state index contributed by atoms with van der Waals surface area (Å²) in [5, 5.41) is 22.7. The van der Waals surface area contributed by atoms with Gasteiger partial charge in [-0.25, -0.2) is 0 Å². The predicted molar refractivity (Wildman–Crippen MR) is 76.1 cm³/mol. The van der Waals surface area contributed by atoms with Gasteiger partial charge in [-0.1, -0.05) is 13.3 Å². The summed E-state index contributed by atoms with van der Waals surface area (Å²) < 4.78 is 0. The van der Waals surface area contributed by atoms with Crippen LogP contribution in [0.25, 0.3) is 0 Å². The first-order valence-corrected chi connectivity index (χ1v) is 6.41. The second-order valence-electron chi connectivity index (χ2n) is 4.56. The van der Waals surface area contributed by atoms with E-state index in [1.165, 1.54) is 12.1 Å². The van der Waals surface area contributed by atoms with E-state index in [1.807, 2.05) is 6.92 Å². The summed E-state index contributed by atoms with van der Waals surface area (Å²) in [6.07, 6.45) is 1.13. The average Bonchev–Trinajstić information content (AvgIpc) is 2.42. The molecule has 0 radical (unpaired) electrons. The van der Waals surface area contributed by atoms with E-state index >= 15 is 0 Å². The molecule has 1 amide bonds. The minimum atomic E-state index is -0.974. The Morgan fingerprint density at radius 1 is 1.48 bits per heavy atom. The first-order valence-electron chi connectivity index (χ1n) is 6.41. The Balaban J connectivity index is 2.98. The summed E-state index contributed by atoms with van der Waals surface area (Å²) in [4.78, 5) is 32.5. The molecule has 4 N–H and O–H groups in total. The molecule has 21 heavy (non-hydrogen) atoms. The largest absolute Gasteiger partial charge is 0.481 e. The van der Waals surface area contributed by atoms with Crippen molar-refractivity contribution in [2.75, 3.05) is 11.9 Å². The highest BCUT2D eigenvalue weighted by Crippen LogP contribution is 2.26. The van der Waals surface area contributed by atoms with Crippen LogP contribution in [0, 0.1) is 16.0 Å². The number of nitrogens with one attached hydrogen (secondary N) is 1. The molecular weight excluding hydrogens is 278 g/mol. The number of amides is 1. The first-order chi connectivity index (χ1) is 9.86. The molecule has 0 saturated heterocycles. The molecule has 0 bridgehead atoms.